The van der Waals surface area contributed by atoms with Crippen molar-refractivity contribution in [3.05, 3.63) is 59.2 Å². The summed E-state index contributed by atoms with van der Waals surface area (Å²) in [5.41, 5.74) is 3.63. The molecule has 1 fully saturated rings. The van der Waals surface area contributed by atoms with Crippen LogP contribution >= 0.6 is 0 Å². The first-order valence-corrected chi connectivity index (χ1v) is 8.97. The van der Waals surface area contributed by atoms with Gasteiger partial charge < -0.3 is 9.47 Å². The van der Waals surface area contributed by atoms with E-state index in [9.17, 15) is 0 Å². The molecule has 0 amide bonds. The Morgan fingerprint density at radius 2 is 1.69 bits per heavy atom. The number of rotatable bonds is 6. The molecule has 0 bridgehead atoms. The number of hydrogen-bond acceptors (Lipinski definition) is 5. The summed E-state index contributed by atoms with van der Waals surface area (Å²) in [7, 11) is 3.31. The van der Waals surface area contributed by atoms with Gasteiger partial charge in [0.25, 0.3) is 0 Å². The molecule has 0 aromatic heterocycles. The van der Waals surface area contributed by atoms with Gasteiger partial charge in [-0.25, -0.2) is 0 Å². The van der Waals surface area contributed by atoms with Crippen LogP contribution in [0.2, 0.25) is 0 Å². The van der Waals surface area contributed by atoms with Crippen LogP contribution in [-0.4, -0.2) is 56.5 Å². The Labute approximate surface area is 155 Å². The molecule has 0 atom stereocenters. The van der Waals surface area contributed by atoms with E-state index in [1.54, 1.807) is 14.2 Å². The van der Waals surface area contributed by atoms with Gasteiger partial charge in [-0.15, -0.1) is 0 Å². The fourth-order valence-corrected chi connectivity index (χ4v) is 3.03. The van der Waals surface area contributed by atoms with E-state index in [1.165, 1.54) is 11.1 Å². The highest BCUT2D eigenvalue weighted by molar-refractivity contribution is 5.83. The van der Waals surface area contributed by atoms with E-state index < -0.39 is 0 Å². The summed E-state index contributed by atoms with van der Waals surface area (Å²) in [6, 6.07) is 14.6. The number of nitrogens with zero attached hydrogens (tertiary/aromatic N) is 3. The molecule has 26 heavy (non-hydrogen) atoms. The Balaban J connectivity index is 1.53. The predicted octanol–water partition coefficient (Wildman–Crippen LogP) is 3.16. The third kappa shape index (κ3) is 4.76. The van der Waals surface area contributed by atoms with Gasteiger partial charge in [0.15, 0.2) is 0 Å². The summed E-state index contributed by atoms with van der Waals surface area (Å²) in [6.45, 7) is 7.03. The number of hydrazone groups is 1. The zero-order valence-corrected chi connectivity index (χ0v) is 15.8. The van der Waals surface area contributed by atoms with Crippen LogP contribution < -0.4 is 9.47 Å². The zero-order valence-electron chi connectivity index (χ0n) is 15.8. The quantitative estimate of drug-likeness (QED) is 0.748. The monoisotopic (exact) mass is 353 g/mol. The molecule has 1 saturated heterocycles. The molecule has 0 N–H and O–H groups in total. The Bertz CT molecular complexity index is 735. The van der Waals surface area contributed by atoms with Crippen molar-refractivity contribution in [1.82, 2.24) is 9.91 Å². The third-order valence-corrected chi connectivity index (χ3v) is 4.68. The standard InChI is InChI=1S/C21H27N3O2/c1-17-4-6-18(7-5-17)16-23-10-12-24(13-11-23)22-15-19-8-9-20(25-2)14-21(19)26-3/h4-9,14-15H,10-13,16H2,1-3H3/b22-15+. The maximum Gasteiger partial charge on any atom is 0.131 e. The lowest BCUT2D eigenvalue weighted by atomic mass is 10.1. The first kappa shape index (κ1) is 18.3. The average molecular weight is 353 g/mol. The SMILES string of the molecule is COc1ccc(/C=N/N2CCN(Cc3ccc(C)cc3)CC2)c(OC)c1. The molecular weight excluding hydrogens is 326 g/mol. The van der Waals surface area contributed by atoms with Gasteiger partial charge in [-0.1, -0.05) is 29.8 Å². The van der Waals surface area contributed by atoms with Crippen LogP contribution in [0.3, 0.4) is 0 Å². The van der Waals surface area contributed by atoms with Gasteiger partial charge in [-0.3, -0.25) is 9.91 Å². The minimum atomic E-state index is 0.770. The van der Waals surface area contributed by atoms with Gasteiger partial charge in [0.05, 0.1) is 20.4 Å². The number of hydrogen-bond donors (Lipinski definition) is 0. The van der Waals surface area contributed by atoms with Crippen molar-refractivity contribution >= 4 is 6.21 Å². The maximum atomic E-state index is 5.42. The Kier molecular flexibility index (Phi) is 6.12. The van der Waals surface area contributed by atoms with Crippen molar-refractivity contribution in [3.8, 4) is 11.5 Å². The van der Waals surface area contributed by atoms with Crippen molar-refractivity contribution in [2.75, 3.05) is 40.4 Å². The lowest BCUT2D eigenvalue weighted by molar-refractivity contribution is 0.131. The Morgan fingerprint density at radius 1 is 0.962 bits per heavy atom. The summed E-state index contributed by atoms with van der Waals surface area (Å²) in [5.74, 6) is 1.55. The van der Waals surface area contributed by atoms with E-state index in [-0.39, 0.29) is 0 Å². The van der Waals surface area contributed by atoms with Gasteiger partial charge in [0.1, 0.15) is 11.5 Å². The topological polar surface area (TPSA) is 37.3 Å². The van der Waals surface area contributed by atoms with E-state index in [0.717, 1.165) is 49.8 Å². The van der Waals surface area contributed by atoms with Crippen LogP contribution in [0.25, 0.3) is 0 Å². The normalized spacial score (nSPS) is 15.4. The van der Waals surface area contributed by atoms with Gasteiger partial charge in [0, 0.05) is 44.4 Å². The molecule has 1 aliphatic rings. The molecule has 3 rings (SSSR count). The first-order chi connectivity index (χ1) is 12.7. The zero-order chi connectivity index (χ0) is 18.4. The summed E-state index contributed by atoms with van der Waals surface area (Å²) < 4.78 is 10.7. The smallest absolute Gasteiger partial charge is 0.131 e. The molecule has 2 aromatic carbocycles. The average Bonchev–Trinajstić information content (AvgIpc) is 2.69. The van der Waals surface area contributed by atoms with Crippen LogP contribution in [-0.2, 0) is 6.54 Å². The number of piperazine rings is 1. The lowest BCUT2D eigenvalue weighted by Crippen LogP contribution is -2.43. The summed E-state index contributed by atoms with van der Waals surface area (Å²) >= 11 is 0. The number of benzene rings is 2. The summed E-state index contributed by atoms with van der Waals surface area (Å²) in [6.07, 6.45) is 1.87. The van der Waals surface area contributed by atoms with Crippen molar-refractivity contribution in [2.45, 2.75) is 13.5 Å². The molecule has 1 heterocycles. The van der Waals surface area contributed by atoms with E-state index in [1.807, 2.05) is 24.4 Å². The maximum absolute atomic E-state index is 5.42. The molecule has 5 nitrogen and oxygen atoms in total. The van der Waals surface area contributed by atoms with Crippen LogP contribution in [0, 0.1) is 6.92 Å². The molecular formula is C21H27N3O2. The summed E-state index contributed by atoms with van der Waals surface area (Å²) in [4.78, 5) is 2.48. The largest absolute Gasteiger partial charge is 0.497 e. The molecule has 1 aliphatic heterocycles. The fourth-order valence-electron chi connectivity index (χ4n) is 3.03. The molecule has 0 unspecified atom stereocenters. The molecule has 0 radical (unpaired) electrons. The minimum absolute atomic E-state index is 0.770. The second kappa shape index (κ2) is 8.72. The van der Waals surface area contributed by atoms with Gasteiger partial charge in [-0.05, 0) is 24.6 Å². The van der Waals surface area contributed by atoms with Crippen LogP contribution in [0.4, 0.5) is 0 Å². The predicted molar refractivity (Wildman–Crippen MR) is 105 cm³/mol. The molecule has 0 saturated carbocycles. The molecule has 0 aliphatic carbocycles. The van der Waals surface area contributed by atoms with Crippen LogP contribution in [0.15, 0.2) is 47.6 Å². The second-order valence-electron chi connectivity index (χ2n) is 6.57. The summed E-state index contributed by atoms with van der Waals surface area (Å²) in [5, 5.41) is 6.75. The highest BCUT2D eigenvalue weighted by Gasteiger charge is 2.15. The Hall–Kier alpha value is -2.53. The number of ether oxygens (including phenoxy) is 2. The number of aryl methyl sites for hydroxylation is 1. The van der Waals surface area contributed by atoms with E-state index in [2.05, 4.69) is 46.2 Å². The molecule has 2 aromatic rings. The molecule has 138 valence electrons. The number of methoxy groups -OCH3 is 2. The van der Waals surface area contributed by atoms with Crippen molar-refractivity contribution in [1.29, 1.82) is 0 Å². The van der Waals surface area contributed by atoms with Crippen LogP contribution in [0.1, 0.15) is 16.7 Å². The highest BCUT2D eigenvalue weighted by atomic mass is 16.5. The minimum Gasteiger partial charge on any atom is -0.497 e. The van der Waals surface area contributed by atoms with E-state index in [4.69, 9.17) is 9.47 Å². The fraction of sp³-hybridized carbons (Fsp3) is 0.381. The van der Waals surface area contributed by atoms with E-state index in [0.29, 0.717) is 0 Å². The second-order valence-corrected chi connectivity index (χ2v) is 6.57. The molecule has 0 spiro atoms. The third-order valence-electron chi connectivity index (χ3n) is 4.68. The van der Waals surface area contributed by atoms with Crippen molar-refractivity contribution in [3.63, 3.8) is 0 Å². The van der Waals surface area contributed by atoms with Gasteiger partial charge >= 0.3 is 0 Å². The van der Waals surface area contributed by atoms with Gasteiger partial charge in [0.2, 0.25) is 0 Å². The Morgan fingerprint density at radius 3 is 2.35 bits per heavy atom. The van der Waals surface area contributed by atoms with Crippen molar-refractivity contribution in [2.24, 2.45) is 5.10 Å². The van der Waals surface area contributed by atoms with Gasteiger partial charge in [-0.2, -0.15) is 5.10 Å². The van der Waals surface area contributed by atoms with Crippen LogP contribution in [0.5, 0.6) is 11.5 Å². The molecule has 5 heteroatoms. The van der Waals surface area contributed by atoms with E-state index >= 15 is 0 Å². The van der Waals surface area contributed by atoms with Crippen molar-refractivity contribution < 1.29 is 9.47 Å². The highest BCUT2D eigenvalue weighted by Crippen LogP contribution is 2.23. The lowest BCUT2D eigenvalue weighted by Gasteiger charge is -2.33. The first-order valence-electron chi connectivity index (χ1n) is 8.97.